The summed E-state index contributed by atoms with van der Waals surface area (Å²) >= 11 is 0. The first-order valence-electron chi connectivity index (χ1n) is 5.93. The van der Waals surface area contributed by atoms with Gasteiger partial charge in [-0.25, -0.2) is 9.97 Å². The predicted molar refractivity (Wildman–Crippen MR) is 74.2 cm³/mol. The van der Waals surface area contributed by atoms with Gasteiger partial charge in [0.25, 0.3) is 0 Å². The van der Waals surface area contributed by atoms with Gasteiger partial charge in [0.05, 0.1) is 11.8 Å². The molecule has 0 unspecified atom stereocenters. The summed E-state index contributed by atoms with van der Waals surface area (Å²) in [5.74, 6) is 1.94. The number of nitrogens with one attached hydrogen (secondary N) is 3. The molecular weight excluding hydrogens is 240 g/mol. The molecule has 0 aliphatic carbocycles. The maximum Gasteiger partial charge on any atom is 0.136 e. The lowest BCUT2D eigenvalue weighted by atomic mass is 10.1. The Kier molecular flexibility index (Phi) is 3.38. The van der Waals surface area contributed by atoms with Gasteiger partial charge in [0, 0.05) is 18.5 Å². The van der Waals surface area contributed by atoms with Gasteiger partial charge in [-0.2, -0.15) is 5.26 Å². The Labute approximate surface area is 111 Å². The van der Waals surface area contributed by atoms with Gasteiger partial charge in [0.15, 0.2) is 0 Å². The minimum atomic E-state index is -0.674. The molecule has 3 N–H and O–H groups in total. The van der Waals surface area contributed by atoms with E-state index in [0.717, 1.165) is 5.69 Å². The van der Waals surface area contributed by atoms with Gasteiger partial charge in [-0.1, -0.05) is 0 Å². The van der Waals surface area contributed by atoms with Crippen LogP contribution >= 0.6 is 0 Å². The van der Waals surface area contributed by atoms with Gasteiger partial charge in [-0.05, 0) is 26.8 Å². The molecule has 0 saturated carbocycles. The second-order valence-corrected chi connectivity index (χ2v) is 4.77. The van der Waals surface area contributed by atoms with Gasteiger partial charge in [0.2, 0.25) is 0 Å². The fourth-order valence-corrected chi connectivity index (χ4v) is 1.59. The highest BCUT2D eigenvalue weighted by atomic mass is 15.1. The van der Waals surface area contributed by atoms with Crippen LogP contribution in [0, 0.1) is 18.3 Å². The van der Waals surface area contributed by atoms with Crippen molar-refractivity contribution in [2.24, 2.45) is 0 Å². The number of aryl methyl sites for hydroxylation is 1. The quantitative estimate of drug-likeness (QED) is 0.782. The van der Waals surface area contributed by atoms with Crippen molar-refractivity contribution in [1.29, 1.82) is 5.26 Å². The molecule has 0 aromatic carbocycles. The maximum atomic E-state index is 9.03. The number of rotatable bonds is 4. The van der Waals surface area contributed by atoms with Crippen LogP contribution in [0.1, 0.15) is 19.7 Å². The first-order chi connectivity index (χ1) is 8.98. The Hall–Kier alpha value is -2.55. The van der Waals surface area contributed by atoms with E-state index in [1.54, 1.807) is 19.9 Å². The lowest BCUT2D eigenvalue weighted by Crippen LogP contribution is -2.29. The molecule has 0 radical (unpaired) electrons. The second-order valence-electron chi connectivity index (χ2n) is 4.77. The van der Waals surface area contributed by atoms with Crippen LogP contribution in [0.5, 0.6) is 0 Å². The zero-order valence-corrected chi connectivity index (χ0v) is 11.2. The number of hydrogen-bond acceptors (Lipinski definition) is 5. The van der Waals surface area contributed by atoms with Gasteiger partial charge >= 0.3 is 0 Å². The van der Waals surface area contributed by atoms with Crippen molar-refractivity contribution in [3.05, 3.63) is 30.4 Å². The van der Waals surface area contributed by atoms with E-state index < -0.39 is 5.54 Å². The fourth-order valence-electron chi connectivity index (χ4n) is 1.59. The van der Waals surface area contributed by atoms with E-state index in [1.807, 2.05) is 25.4 Å². The minimum absolute atomic E-state index is 0.622. The standard InChI is InChI=1S/C13H16N6/c1-9-16-11(18-10-4-5-15-7-10)6-12(17-9)19-13(2,3)8-14/h4-7,15H,1-3H3,(H2,16,17,18,19). The normalized spacial score (nSPS) is 10.8. The first-order valence-corrected chi connectivity index (χ1v) is 5.93. The Morgan fingerprint density at radius 2 is 2.05 bits per heavy atom. The fraction of sp³-hybridized carbons (Fsp3) is 0.308. The van der Waals surface area contributed by atoms with Gasteiger partial charge < -0.3 is 15.6 Å². The molecule has 0 spiro atoms. The molecule has 2 rings (SSSR count). The molecule has 19 heavy (non-hydrogen) atoms. The van der Waals surface area contributed by atoms with Crippen molar-refractivity contribution in [3.8, 4) is 6.07 Å². The van der Waals surface area contributed by atoms with Crippen LogP contribution in [0.15, 0.2) is 24.5 Å². The number of hydrogen-bond donors (Lipinski definition) is 3. The van der Waals surface area contributed by atoms with Crippen LogP contribution in [0.3, 0.4) is 0 Å². The Bertz CT molecular complexity index is 594. The van der Waals surface area contributed by atoms with Gasteiger partial charge in [-0.3, -0.25) is 0 Å². The van der Waals surface area contributed by atoms with E-state index in [9.17, 15) is 0 Å². The predicted octanol–water partition coefficient (Wildman–Crippen LogP) is 2.57. The summed E-state index contributed by atoms with van der Waals surface area (Å²) in [6.07, 6.45) is 3.66. The van der Waals surface area contributed by atoms with E-state index in [0.29, 0.717) is 17.5 Å². The summed E-state index contributed by atoms with van der Waals surface area (Å²) in [6, 6.07) is 5.86. The summed E-state index contributed by atoms with van der Waals surface area (Å²) in [5.41, 5.74) is 0.246. The zero-order valence-electron chi connectivity index (χ0n) is 11.2. The maximum absolute atomic E-state index is 9.03. The van der Waals surface area contributed by atoms with Crippen LogP contribution in [-0.4, -0.2) is 20.5 Å². The number of aromatic nitrogens is 3. The van der Waals surface area contributed by atoms with Crippen molar-refractivity contribution in [2.75, 3.05) is 10.6 Å². The van der Waals surface area contributed by atoms with Crippen LogP contribution in [0.4, 0.5) is 17.3 Å². The third-order valence-corrected chi connectivity index (χ3v) is 2.43. The molecule has 98 valence electrons. The molecule has 0 bridgehead atoms. The average molecular weight is 256 g/mol. The summed E-state index contributed by atoms with van der Waals surface area (Å²) < 4.78 is 0. The van der Waals surface area contributed by atoms with Gasteiger partial charge in [0.1, 0.15) is 23.0 Å². The largest absolute Gasteiger partial charge is 0.366 e. The Morgan fingerprint density at radius 3 is 2.68 bits per heavy atom. The summed E-state index contributed by atoms with van der Waals surface area (Å²) in [6.45, 7) is 5.40. The third-order valence-electron chi connectivity index (χ3n) is 2.43. The van der Waals surface area contributed by atoms with Crippen LogP contribution in [0.2, 0.25) is 0 Å². The molecule has 6 nitrogen and oxygen atoms in total. The van der Waals surface area contributed by atoms with Crippen molar-refractivity contribution >= 4 is 17.3 Å². The van der Waals surface area contributed by atoms with E-state index in [1.165, 1.54) is 0 Å². The van der Waals surface area contributed by atoms with Crippen molar-refractivity contribution in [1.82, 2.24) is 15.0 Å². The first kappa shape index (κ1) is 12.9. The monoisotopic (exact) mass is 256 g/mol. The molecule has 0 saturated heterocycles. The molecule has 0 aliphatic heterocycles. The van der Waals surface area contributed by atoms with E-state index >= 15 is 0 Å². The number of aromatic amines is 1. The molecule has 0 fully saturated rings. The molecular formula is C13H16N6. The molecule has 0 amide bonds. The number of H-pyrrole nitrogens is 1. The van der Waals surface area contributed by atoms with Crippen molar-refractivity contribution < 1.29 is 0 Å². The number of nitrogens with zero attached hydrogens (tertiary/aromatic N) is 3. The van der Waals surface area contributed by atoms with Crippen LogP contribution < -0.4 is 10.6 Å². The van der Waals surface area contributed by atoms with E-state index in [4.69, 9.17) is 5.26 Å². The summed E-state index contributed by atoms with van der Waals surface area (Å²) in [4.78, 5) is 11.5. The molecule has 0 atom stereocenters. The Morgan fingerprint density at radius 1 is 1.32 bits per heavy atom. The summed E-state index contributed by atoms with van der Waals surface area (Å²) in [5, 5.41) is 15.3. The highest BCUT2D eigenvalue weighted by molar-refractivity contribution is 5.59. The Balaban J connectivity index is 2.22. The third kappa shape index (κ3) is 3.45. The van der Waals surface area contributed by atoms with Crippen LogP contribution in [0.25, 0.3) is 0 Å². The molecule has 2 aromatic heterocycles. The summed E-state index contributed by atoms with van der Waals surface area (Å²) in [7, 11) is 0. The molecule has 0 aliphatic rings. The van der Waals surface area contributed by atoms with Crippen molar-refractivity contribution in [2.45, 2.75) is 26.3 Å². The highest BCUT2D eigenvalue weighted by Crippen LogP contribution is 2.19. The molecule has 2 aromatic rings. The number of anilines is 3. The SMILES string of the molecule is Cc1nc(Nc2cc[nH]c2)cc(NC(C)(C)C#N)n1. The van der Waals surface area contributed by atoms with E-state index in [-0.39, 0.29) is 0 Å². The van der Waals surface area contributed by atoms with Crippen molar-refractivity contribution in [3.63, 3.8) is 0 Å². The smallest absolute Gasteiger partial charge is 0.136 e. The molecule has 6 heteroatoms. The minimum Gasteiger partial charge on any atom is -0.366 e. The zero-order chi connectivity index (χ0) is 13.9. The van der Waals surface area contributed by atoms with E-state index in [2.05, 4.69) is 31.7 Å². The number of nitriles is 1. The average Bonchev–Trinajstić information content (AvgIpc) is 2.80. The lowest BCUT2D eigenvalue weighted by Gasteiger charge is -2.18. The molecule has 2 heterocycles. The topological polar surface area (TPSA) is 89.4 Å². The second kappa shape index (κ2) is 4.98. The van der Waals surface area contributed by atoms with Gasteiger partial charge in [-0.15, -0.1) is 0 Å². The highest BCUT2D eigenvalue weighted by Gasteiger charge is 2.17. The van der Waals surface area contributed by atoms with Crippen LogP contribution in [-0.2, 0) is 0 Å². The lowest BCUT2D eigenvalue weighted by molar-refractivity contribution is 0.722.